The maximum atomic E-state index is 9.47. The van der Waals surface area contributed by atoms with E-state index in [4.69, 9.17) is 17.5 Å². The number of phenols is 2. The van der Waals surface area contributed by atoms with E-state index in [0.29, 0.717) is 11.5 Å². The first-order chi connectivity index (χ1) is 14.9. The molecule has 2 aliphatic heterocycles. The number of hydrogen-bond donors (Lipinski definition) is 2. The van der Waals surface area contributed by atoms with E-state index >= 15 is 0 Å². The molecule has 0 saturated carbocycles. The first-order valence-electron chi connectivity index (χ1n) is 10.4. The van der Waals surface area contributed by atoms with Crippen molar-refractivity contribution in [3.8, 4) is 11.5 Å². The lowest BCUT2D eigenvalue weighted by Gasteiger charge is -2.14. The Morgan fingerprint density at radius 1 is 0.727 bits per heavy atom. The second-order valence-corrected chi connectivity index (χ2v) is 10.2. The maximum absolute atomic E-state index is 9.47. The highest BCUT2D eigenvalue weighted by atomic mass is 32.3. The van der Waals surface area contributed by atoms with Crippen LogP contribution in [0.4, 0.5) is 11.4 Å². The van der Waals surface area contributed by atoms with Crippen LogP contribution >= 0.6 is 0 Å². The Labute approximate surface area is 195 Å². The molecule has 2 aromatic carbocycles. The molecule has 0 spiro atoms. The SMILES string of the molecule is CC1=[N+](C)c2ccc(O)cc2C1(C)C.CC1=[N+](C)c2ccc(O)cc2C1(C)C.O=S(=O)([O-])[O-]. The lowest BCUT2D eigenvalue weighted by Crippen LogP contribution is -2.25. The number of hydrogen-bond acceptors (Lipinski definition) is 6. The molecule has 0 radical (unpaired) electrons. The van der Waals surface area contributed by atoms with E-state index in [2.05, 4.69) is 64.8 Å². The molecule has 2 aliphatic rings. The van der Waals surface area contributed by atoms with Gasteiger partial charge in [0.2, 0.25) is 11.4 Å². The van der Waals surface area contributed by atoms with Crippen molar-refractivity contribution >= 4 is 33.2 Å². The number of fused-ring (bicyclic) bond motifs is 2. The summed E-state index contributed by atoms with van der Waals surface area (Å²) in [7, 11) is -1.03. The van der Waals surface area contributed by atoms with Crippen molar-refractivity contribution < 1.29 is 36.9 Å². The Hall–Kier alpha value is -2.75. The second-order valence-electron chi connectivity index (χ2n) is 9.35. The van der Waals surface area contributed by atoms with Crippen LogP contribution in [0.5, 0.6) is 11.5 Å². The fourth-order valence-electron chi connectivity index (χ4n) is 4.22. The normalized spacial score (nSPS) is 17.5. The van der Waals surface area contributed by atoms with Gasteiger partial charge in [-0.1, -0.05) is 0 Å². The molecule has 0 saturated heterocycles. The zero-order valence-corrected chi connectivity index (χ0v) is 21.1. The lowest BCUT2D eigenvalue weighted by atomic mass is 9.82. The summed E-state index contributed by atoms with van der Waals surface area (Å²) in [6.07, 6.45) is 0. The molecule has 33 heavy (non-hydrogen) atoms. The number of rotatable bonds is 0. The minimum absolute atomic E-state index is 0.0306. The van der Waals surface area contributed by atoms with E-state index in [0.717, 1.165) is 0 Å². The molecule has 2 N–H and O–H groups in total. The third-order valence-electron chi connectivity index (χ3n) is 6.84. The molecule has 0 fully saturated rings. The van der Waals surface area contributed by atoms with Crippen molar-refractivity contribution in [2.75, 3.05) is 14.1 Å². The monoisotopic (exact) mass is 476 g/mol. The van der Waals surface area contributed by atoms with Gasteiger partial charge in [-0.05, 0) is 52.0 Å². The minimum atomic E-state index is -5.17. The van der Waals surface area contributed by atoms with E-state index < -0.39 is 10.4 Å². The van der Waals surface area contributed by atoms with Crippen molar-refractivity contribution in [2.24, 2.45) is 0 Å². The van der Waals surface area contributed by atoms with Gasteiger partial charge in [0, 0.05) is 47.5 Å². The van der Waals surface area contributed by atoms with Crippen molar-refractivity contribution in [3.05, 3.63) is 47.5 Å². The van der Waals surface area contributed by atoms with Gasteiger partial charge in [-0.2, -0.15) is 0 Å². The van der Waals surface area contributed by atoms with Crippen LogP contribution in [-0.4, -0.2) is 62.4 Å². The molecule has 0 aliphatic carbocycles. The zero-order chi connectivity index (χ0) is 25.5. The van der Waals surface area contributed by atoms with Crippen LogP contribution in [-0.2, 0) is 21.2 Å². The highest BCUT2D eigenvalue weighted by Crippen LogP contribution is 2.41. The first-order valence-corrected chi connectivity index (χ1v) is 11.7. The molecule has 0 bridgehead atoms. The average Bonchev–Trinajstić information content (AvgIpc) is 2.96. The van der Waals surface area contributed by atoms with Gasteiger partial charge in [0.1, 0.15) is 25.6 Å². The molecule has 4 rings (SSSR count). The van der Waals surface area contributed by atoms with E-state index in [-0.39, 0.29) is 10.8 Å². The number of benzene rings is 2. The second kappa shape index (κ2) is 8.89. The third kappa shape index (κ3) is 5.43. The Balaban J connectivity index is 0.000000195. The molecule has 2 aromatic rings. The van der Waals surface area contributed by atoms with Gasteiger partial charge in [-0.25, -0.2) is 9.15 Å². The van der Waals surface area contributed by atoms with Gasteiger partial charge in [0.05, 0.1) is 10.8 Å². The highest BCUT2D eigenvalue weighted by molar-refractivity contribution is 7.79. The molecule has 0 aromatic heterocycles. The minimum Gasteiger partial charge on any atom is -0.759 e. The third-order valence-corrected chi connectivity index (χ3v) is 6.84. The zero-order valence-electron chi connectivity index (χ0n) is 20.3. The summed E-state index contributed by atoms with van der Waals surface area (Å²) >= 11 is 0. The van der Waals surface area contributed by atoms with Gasteiger partial charge >= 0.3 is 0 Å². The van der Waals surface area contributed by atoms with Crippen LogP contribution in [0, 0.1) is 0 Å². The van der Waals surface area contributed by atoms with Crippen LogP contribution in [0.3, 0.4) is 0 Å². The van der Waals surface area contributed by atoms with Crippen molar-refractivity contribution in [1.82, 2.24) is 0 Å². The van der Waals surface area contributed by atoms with E-state index in [1.54, 1.807) is 12.1 Å². The number of phenolic OH excluding ortho intramolecular Hbond substituents is 2. The Bertz CT molecular complexity index is 1170. The van der Waals surface area contributed by atoms with Gasteiger partial charge in [0.15, 0.2) is 11.4 Å². The summed E-state index contributed by atoms with van der Waals surface area (Å²) in [4.78, 5) is 0. The van der Waals surface area contributed by atoms with Gasteiger partial charge in [-0.15, -0.1) is 0 Å². The van der Waals surface area contributed by atoms with Gasteiger partial charge in [0.25, 0.3) is 0 Å². The predicted molar refractivity (Wildman–Crippen MR) is 126 cm³/mol. The summed E-state index contributed by atoms with van der Waals surface area (Å²) in [5.74, 6) is 0.694. The van der Waals surface area contributed by atoms with Crippen LogP contribution in [0.25, 0.3) is 0 Å². The Kier molecular flexibility index (Phi) is 7.14. The van der Waals surface area contributed by atoms with Crippen molar-refractivity contribution in [2.45, 2.75) is 52.4 Å². The summed E-state index contributed by atoms with van der Waals surface area (Å²) in [5.41, 5.74) is 7.51. The quantitative estimate of drug-likeness (QED) is 0.340. The standard InChI is InChI=1S/2C12H15NO.H2O4S/c2*1-8-12(2,3)10-7-9(14)5-6-11(10)13(8)4;1-5(2,3)4/h2*5-7H,1-4H3;(H2,1,2,3,4). The van der Waals surface area contributed by atoms with Crippen LogP contribution in [0.15, 0.2) is 36.4 Å². The fraction of sp³-hybridized carbons (Fsp3) is 0.417. The molecule has 2 heterocycles. The summed E-state index contributed by atoms with van der Waals surface area (Å²) in [6, 6.07) is 11.2. The lowest BCUT2D eigenvalue weighted by molar-refractivity contribution is -0.403. The fourth-order valence-corrected chi connectivity index (χ4v) is 4.22. The van der Waals surface area contributed by atoms with Gasteiger partial charge < -0.3 is 19.3 Å². The molecule has 0 amide bonds. The van der Waals surface area contributed by atoms with E-state index in [1.807, 2.05) is 24.3 Å². The van der Waals surface area contributed by atoms with E-state index in [1.165, 1.54) is 33.9 Å². The summed E-state index contributed by atoms with van der Waals surface area (Å²) in [6.45, 7) is 13.0. The summed E-state index contributed by atoms with van der Waals surface area (Å²) in [5, 5.41) is 18.9. The molecule has 9 heteroatoms. The smallest absolute Gasteiger partial charge is 0.209 e. The molecular formula is C24H32N2O6S. The van der Waals surface area contributed by atoms with Crippen molar-refractivity contribution in [3.63, 3.8) is 0 Å². The maximum Gasteiger partial charge on any atom is 0.209 e. The number of nitrogens with zero attached hydrogens (tertiary/aromatic N) is 2. The van der Waals surface area contributed by atoms with Crippen LogP contribution < -0.4 is 0 Å². The molecular weight excluding hydrogens is 444 g/mol. The van der Waals surface area contributed by atoms with Crippen LogP contribution in [0.1, 0.15) is 52.7 Å². The van der Waals surface area contributed by atoms with E-state index in [9.17, 15) is 10.2 Å². The molecule has 0 unspecified atom stereocenters. The average molecular weight is 477 g/mol. The van der Waals surface area contributed by atoms with Crippen LogP contribution in [0.2, 0.25) is 0 Å². The Morgan fingerprint density at radius 3 is 1.27 bits per heavy atom. The number of aromatic hydroxyl groups is 2. The predicted octanol–water partition coefficient (Wildman–Crippen LogP) is 3.50. The topological polar surface area (TPSA) is 127 Å². The van der Waals surface area contributed by atoms with Crippen molar-refractivity contribution in [1.29, 1.82) is 0 Å². The largest absolute Gasteiger partial charge is 0.759 e. The highest BCUT2D eigenvalue weighted by Gasteiger charge is 2.42. The van der Waals surface area contributed by atoms with Gasteiger partial charge in [-0.3, -0.25) is 8.42 Å². The first kappa shape index (κ1) is 26.5. The molecule has 0 atom stereocenters. The Morgan fingerprint density at radius 2 is 1.00 bits per heavy atom. The molecule has 8 nitrogen and oxygen atoms in total. The summed E-state index contributed by atoms with van der Waals surface area (Å²) < 4.78 is 38.5. The molecule has 180 valence electrons.